The second kappa shape index (κ2) is 7.36. The summed E-state index contributed by atoms with van der Waals surface area (Å²) in [7, 11) is 0. The van der Waals surface area contributed by atoms with E-state index in [-0.39, 0.29) is 47.0 Å². The van der Waals surface area contributed by atoms with Gasteiger partial charge in [0.15, 0.2) is 0 Å². The van der Waals surface area contributed by atoms with E-state index < -0.39 is 0 Å². The average molecular weight is 482 g/mol. The summed E-state index contributed by atoms with van der Waals surface area (Å²) in [6, 6.07) is 4.73. The van der Waals surface area contributed by atoms with E-state index in [2.05, 4.69) is 5.43 Å². The summed E-state index contributed by atoms with van der Waals surface area (Å²) < 4.78 is 0. The van der Waals surface area contributed by atoms with Crippen molar-refractivity contribution in [3.05, 3.63) is 29.2 Å². The molecule has 0 bridgehead atoms. The van der Waals surface area contributed by atoms with Crippen LogP contribution in [0.2, 0.25) is 0 Å². The Morgan fingerprint density at radius 3 is 2.46 bits per heavy atom. The summed E-state index contributed by atoms with van der Waals surface area (Å²) in [5, 5.41) is 0. The Kier molecular flexibility index (Phi) is 8.72. The molecular weight excluding hydrogens is 474 g/mol. The van der Waals surface area contributed by atoms with Crippen molar-refractivity contribution in [2.75, 3.05) is 5.73 Å². The minimum absolute atomic E-state index is 0. The zero-order chi connectivity index (χ0) is 8.27. The molecule has 0 heterocycles. The summed E-state index contributed by atoms with van der Waals surface area (Å²) in [5.74, 6) is 5.00. The van der Waals surface area contributed by atoms with Gasteiger partial charge in [-0.25, -0.2) is 0 Å². The number of carbonyl (C=O) groups excluding carboxylic acids is 1. The van der Waals surface area contributed by atoms with E-state index in [0.29, 0.717) is 23.2 Å². The van der Waals surface area contributed by atoms with Crippen molar-refractivity contribution in [3.8, 4) is 0 Å². The standard InChI is InChI=1S/C7H8N3O.Am.Y/c8-6-2-1-5(4-11)3-7(6)10-9;;/h1-4H,9H2,(H2,8,11);;/q-1;;. The van der Waals surface area contributed by atoms with E-state index in [1.165, 1.54) is 6.07 Å². The van der Waals surface area contributed by atoms with Gasteiger partial charge in [0.25, 0.3) is 0 Å². The van der Waals surface area contributed by atoms with Crippen LogP contribution in [-0.2, 0) is 32.7 Å². The minimum Gasteiger partial charge on any atom is -0.624 e. The molecular formula is C7H8AmN3OY-. The number of nitrogens with zero attached hydrogens (tertiary/aromatic N) is 1. The molecule has 0 aromatic heterocycles. The molecule has 0 aliphatic carbocycles. The van der Waals surface area contributed by atoms with E-state index in [0.717, 1.165) is 0 Å². The molecule has 6 heteroatoms. The van der Waals surface area contributed by atoms with Gasteiger partial charge in [0.1, 0.15) is 6.29 Å². The number of hydrogen-bond donors (Lipinski definition) is 2. The molecule has 0 spiro atoms. The van der Waals surface area contributed by atoms with E-state index in [9.17, 15) is 4.79 Å². The molecule has 0 aliphatic rings. The molecule has 2 radical (unpaired) electrons. The van der Waals surface area contributed by atoms with Gasteiger partial charge in [0.2, 0.25) is 0 Å². The van der Waals surface area contributed by atoms with Crippen molar-refractivity contribution in [2.45, 2.75) is 0 Å². The summed E-state index contributed by atoms with van der Waals surface area (Å²) in [5.41, 5.74) is 10.3. The summed E-state index contributed by atoms with van der Waals surface area (Å²) in [4.78, 5) is 10.3. The second-order valence-electron chi connectivity index (χ2n) is 2.07. The molecule has 1 aromatic rings. The fourth-order valence-corrected chi connectivity index (χ4v) is 0.746. The van der Waals surface area contributed by atoms with Crippen molar-refractivity contribution in [1.82, 2.24) is 0 Å². The maximum absolute atomic E-state index is 10.3. The molecule has 13 heavy (non-hydrogen) atoms. The number of carbonyl (C=O) groups is 1. The van der Waals surface area contributed by atoms with Gasteiger partial charge in [0.05, 0.1) is 0 Å². The van der Waals surface area contributed by atoms with Crippen molar-refractivity contribution in [1.29, 1.82) is 0 Å². The van der Waals surface area contributed by atoms with E-state index in [1.807, 2.05) is 0 Å². The maximum Gasteiger partial charge on any atom is 0.150 e. The smallest absolute Gasteiger partial charge is 0.150 e. The zero-order valence-corrected chi connectivity index (χ0v) is 12.8. The fourth-order valence-electron chi connectivity index (χ4n) is 0.746. The number of nitrogen functional groups attached to an aromatic ring is 1. The van der Waals surface area contributed by atoms with Gasteiger partial charge >= 0.3 is 0 Å². The van der Waals surface area contributed by atoms with Gasteiger partial charge in [-0.15, -0.1) is 5.69 Å². The van der Waals surface area contributed by atoms with Gasteiger partial charge in [0, 0.05) is 58.2 Å². The van der Waals surface area contributed by atoms with Gasteiger partial charge in [-0.2, -0.15) is 0 Å². The third kappa shape index (κ3) is 4.11. The van der Waals surface area contributed by atoms with E-state index >= 15 is 0 Å². The molecule has 0 amide bonds. The molecule has 0 saturated carbocycles. The number of aldehydes is 1. The van der Waals surface area contributed by atoms with Crippen LogP contribution in [0.5, 0.6) is 0 Å². The Balaban J connectivity index is 0. The number of rotatable bonds is 2. The number of hydrogen-bond acceptors (Lipinski definition) is 3. The largest absolute Gasteiger partial charge is 0.624 e. The normalized spacial score (nSPS) is 7.77. The van der Waals surface area contributed by atoms with Crippen molar-refractivity contribution >= 4 is 17.7 Å². The molecule has 0 saturated heterocycles. The Bertz CT molecular complexity index is 282. The maximum atomic E-state index is 10.3. The number of nitrogens with two attached hydrogens (primary N) is 2. The molecule has 0 unspecified atom stereocenters. The third-order valence-corrected chi connectivity index (χ3v) is 1.33. The van der Waals surface area contributed by atoms with Gasteiger partial charge in [-0.1, -0.05) is 6.07 Å². The van der Waals surface area contributed by atoms with Crippen molar-refractivity contribution < 1.29 is 51.8 Å². The van der Waals surface area contributed by atoms with Crippen molar-refractivity contribution in [2.24, 2.45) is 5.84 Å². The molecule has 0 aliphatic heterocycles. The van der Waals surface area contributed by atoms with Crippen LogP contribution in [0.1, 0.15) is 10.4 Å². The minimum atomic E-state index is 0. The number of anilines is 1. The number of benzene rings is 1. The van der Waals surface area contributed by atoms with Crippen LogP contribution in [0.25, 0.3) is 5.43 Å². The first-order valence-corrected chi connectivity index (χ1v) is 3.03. The Morgan fingerprint density at radius 1 is 1.38 bits per heavy atom. The molecule has 0 atom stereocenters. The van der Waals surface area contributed by atoms with Gasteiger partial charge < -0.3 is 17.0 Å². The van der Waals surface area contributed by atoms with Gasteiger partial charge in [-0.05, 0) is 12.1 Å². The van der Waals surface area contributed by atoms with Crippen LogP contribution in [0.15, 0.2) is 18.2 Å². The first kappa shape index (κ1) is 15.4. The van der Waals surface area contributed by atoms with E-state index in [1.54, 1.807) is 12.1 Å². The van der Waals surface area contributed by atoms with Crippen LogP contribution in [0, 0.1) is 14.3 Å². The quantitative estimate of drug-likeness (QED) is 0.285. The predicted molar refractivity (Wildman–Crippen MR) is 43.4 cm³/mol. The molecule has 1 rings (SSSR count). The average Bonchev–Trinajstić information content (AvgIpc) is 2.05. The molecule has 0 fully saturated rings. The van der Waals surface area contributed by atoms with Crippen LogP contribution >= 0.6 is 0 Å². The van der Waals surface area contributed by atoms with Crippen LogP contribution in [0.4, 0.5) is 11.4 Å². The van der Waals surface area contributed by atoms with Crippen molar-refractivity contribution in [3.63, 3.8) is 0 Å². The summed E-state index contributed by atoms with van der Waals surface area (Å²) in [6.07, 6.45) is 0.716. The van der Waals surface area contributed by atoms with Crippen LogP contribution in [-0.4, -0.2) is 6.29 Å². The van der Waals surface area contributed by atoms with Crippen LogP contribution in [0.3, 0.4) is 0 Å². The topological polar surface area (TPSA) is 83.2 Å². The summed E-state index contributed by atoms with van der Waals surface area (Å²) >= 11 is 0. The molecule has 4 N–H and O–H groups in total. The SMILES string of the molecule is N[N-]c1cc(C=O)ccc1N.[Am].[Y]. The zero-order valence-electron chi connectivity index (χ0n) is 6.77. The monoisotopic (exact) mass is 480 g/mol. The third-order valence-electron chi connectivity index (χ3n) is 1.33. The second-order valence-corrected chi connectivity index (χ2v) is 2.07. The molecule has 68 valence electrons. The fraction of sp³-hybridized carbons (Fsp3) is 0. The summed E-state index contributed by atoms with van der Waals surface area (Å²) in [6.45, 7) is 0. The Hall–Kier alpha value is -0.0565. The predicted octanol–water partition coefficient (Wildman–Crippen LogP) is 0.958. The Morgan fingerprint density at radius 2 is 2.00 bits per heavy atom. The van der Waals surface area contributed by atoms with Crippen LogP contribution < -0.4 is 11.6 Å². The Labute approximate surface area is 109 Å². The first-order valence-electron chi connectivity index (χ1n) is 3.03. The first-order chi connectivity index (χ1) is 5.27. The molecule has 1 aromatic carbocycles. The molecule has 4 nitrogen and oxygen atoms in total. The van der Waals surface area contributed by atoms with Gasteiger partial charge in [-0.3, -0.25) is 4.79 Å². The van der Waals surface area contributed by atoms with E-state index in [4.69, 9.17) is 11.6 Å².